The maximum Gasteiger partial charge on any atom is 0.227 e. The highest BCUT2D eigenvalue weighted by Crippen LogP contribution is 2.49. The minimum atomic E-state index is -0.219. The Balaban J connectivity index is 1.19. The SMILES string of the molecule is NCc1ccc(CNC(=O)C2C=C(C3=c4cc5c6c(c4Oc4c3cc3c7c4CCCN7CCC3)CCC[N+]=6CCC5)C=CC2)cc1. The van der Waals surface area contributed by atoms with Gasteiger partial charge in [-0.25, -0.2) is 4.58 Å². The lowest BCUT2D eigenvalue weighted by Crippen LogP contribution is -2.45. The molecule has 0 saturated carbocycles. The van der Waals surface area contributed by atoms with Crippen LogP contribution in [0.3, 0.4) is 0 Å². The molecule has 6 heteroatoms. The zero-order valence-corrected chi connectivity index (χ0v) is 26.7. The van der Waals surface area contributed by atoms with E-state index in [0.717, 1.165) is 80.1 Å². The number of hydrogen-bond donors (Lipinski definition) is 2. The molecule has 1 aliphatic carbocycles. The van der Waals surface area contributed by atoms with E-state index in [-0.39, 0.29) is 11.8 Å². The van der Waals surface area contributed by atoms with Gasteiger partial charge in [0.25, 0.3) is 0 Å². The van der Waals surface area contributed by atoms with E-state index < -0.39 is 0 Å². The normalized spacial score (nSPS) is 20.6. The Bertz CT molecular complexity index is 1960. The summed E-state index contributed by atoms with van der Waals surface area (Å²) in [6.07, 6.45) is 16.5. The lowest BCUT2D eigenvalue weighted by atomic mass is 9.80. The summed E-state index contributed by atoms with van der Waals surface area (Å²) in [5.41, 5.74) is 18.7. The highest BCUT2D eigenvalue weighted by atomic mass is 16.5. The molecule has 0 fully saturated rings. The molecule has 1 amide bonds. The summed E-state index contributed by atoms with van der Waals surface area (Å²) in [5.74, 6) is 1.99. The maximum atomic E-state index is 13.6. The number of amides is 1. The minimum Gasteiger partial charge on any atom is -0.455 e. The largest absolute Gasteiger partial charge is 0.455 e. The number of nitrogens with two attached hydrogens (primary N) is 1. The number of nitrogens with zero attached hydrogens (tertiary/aromatic N) is 2. The summed E-state index contributed by atoms with van der Waals surface area (Å²) in [6, 6.07) is 13.1. The Morgan fingerprint density at radius 3 is 2.52 bits per heavy atom. The predicted molar refractivity (Wildman–Crippen MR) is 183 cm³/mol. The Kier molecular flexibility index (Phi) is 6.88. The molecular weight excluding hydrogens is 568 g/mol. The quantitative estimate of drug-likeness (QED) is 0.421. The fourth-order valence-electron chi connectivity index (χ4n) is 8.97. The van der Waals surface area contributed by atoms with Crippen molar-refractivity contribution in [1.29, 1.82) is 0 Å². The molecule has 3 N–H and O–H groups in total. The van der Waals surface area contributed by atoms with Crippen LogP contribution in [0.5, 0.6) is 11.5 Å². The van der Waals surface area contributed by atoms with E-state index >= 15 is 0 Å². The van der Waals surface area contributed by atoms with Gasteiger partial charge in [0.1, 0.15) is 24.6 Å². The van der Waals surface area contributed by atoms with E-state index in [9.17, 15) is 4.79 Å². The molecule has 6 nitrogen and oxygen atoms in total. The third kappa shape index (κ3) is 4.56. The molecule has 0 bridgehead atoms. The Hall–Kier alpha value is -4.16. The van der Waals surface area contributed by atoms with Gasteiger partial charge in [0, 0.05) is 72.2 Å². The van der Waals surface area contributed by atoms with Crippen LogP contribution in [0.2, 0.25) is 0 Å². The van der Waals surface area contributed by atoms with Gasteiger partial charge in [0.2, 0.25) is 11.3 Å². The molecule has 234 valence electrons. The predicted octanol–water partition coefficient (Wildman–Crippen LogP) is 4.35. The standard InChI is InChI=1S/C40H42N4O2/c41-23-25-12-14-26(15-13-25)24-42-40(45)30-7-1-6-27(20-30)35-33-21-28-8-2-16-43-18-4-10-31(36(28)43)38(33)46-39-32-11-5-19-44-17-3-9-29(37(32)44)22-34(35)39/h1,6,12-15,20-22,30H,2-5,7-11,16-19,23-24,41H2/p+1. The van der Waals surface area contributed by atoms with Crippen molar-refractivity contribution in [3.05, 3.63) is 110 Å². The smallest absolute Gasteiger partial charge is 0.227 e. The molecule has 0 spiro atoms. The van der Waals surface area contributed by atoms with Crippen molar-refractivity contribution >= 4 is 17.2 Å². The fourth-order valence-corrected chi connectivity index (χ4v) is 8.97. The molecular formula is C40H43N4O2+. The number of allylic oxidation sites excluding steroid dienone is 3. The summed E-state index contributed by atoms with van der Waals surface area (Å²) in [4.78, 5) is 16.2. The van der Waals surface area contributed by atoms with E-state index in [1.807, 2.05) is 12.1 Å². The summed E-state index contributed by atoms with van der Waals surface area (Å²) in [6.45, 7) is 5.60. The first-order valence-electron chi connectivity index (χ1n) is 17.5. The van der Waals surface area contributed by atoms with Crippen molar-refractivity contribution < 1.29 is 9.53 Å². The zero-order chi connectivity index (χ0) is 30.8. The van der Waals surface area contributed by atoms with Gasteiger partial charge in [-0.2, -0.15) is 0 Å². The number of ether oxygens (including phenoxy) is 1. The first kappa shape index (κ1) is 28.1. The number of fused-ring (bicyclic) bond motifs is 4. The molecule has 5 heterocycles. The third-order valence-electron chi connectivity index (χ3n) is 11.1. The summed E-state index contributed by atoms with van der Waals surface area (Å²) in [5, 5.41) is 5.88. The van der Waals surface area contributed by atoms with E-state index in [0.29, 0.717) is 19.5 Å². The van der Waals surface area contributed by atoms with Crippen LogP contribution in [0.15, 0.2) is 60.2 Å². The Morgan fingerprint density at radius 2 is 1.67 bits per heavy atom. The Morgan fingerprint density at radius 1 is 0.913 bits per heavy atom. The number of rotatable bonds is 5. The molecule has 1 atom stereocenters. The van der Waals surface area contributed by atoms with Crippen molar-refractivity contribution in [1.82, 2.24) is 9.89 Å². The van der Waals surface area contributed by atoms with Crippen molar-refractivity contribution in [2.75, 3.05) is 31.1 Å². The van der Waals surface area contributed by atoms with Gasteiger partial charge < -0.3 is 20.7 Å². The molecule has 1 unspecified atom stereocenters. The van der Waals surface area contributed by atoms with Crippen LogP contribution in [0.4, 0.5) is 5.69 Å². The summed E-state index contributed by atoms with van der Waals surface area (Å²) in [7, 11) is 0. The average Bonchev–Trinajstić information content (AvgIpc) is 3.11. The van der Waals surface area contributed by atoms with Crippen LogP contribution in [0.25, 0.3) is 5.57 Å². The van der Waals surface area contributed by atoms with Crippen LogP contribution in [-0.4, -0.2) is 32.1 Å². The van der Waals surface area contributed by atoms with Crippen molar-refractivity contribution in [2.24, 2.45) is 11.7 Å². The first-order valence-corrected chi connectivity index (χ1v) is 17.5. The molecule has 0 radical (unpaired) electrons. The number of benzene rings is 3. The Labute approximate surface area is 271 Å². The van der Waals surface area contributed by atoms with Gasteiger partial charge in [0.15, 0.2) is 0 Å². The molecule has 3 aromatic carbocycles. The topological polar surface area (TPSA) is 70.6 Å². The molecule has 0 aromatic heterocycles. The van der Waals surface area contributed by atoms with Crippen LogP contribution >= 0.6 is 0 Å². The van der Waals surface area contributed by atoms with Gasteiger partial charge >= 0.3 is 0 Å². The summed E-state index contributed by atoms with van der Waals surface area (Å²) >= 11 is 0. The highest BCUT2D eigenvalue weighted by molar-refractivity contribution is 5.92. The lowest BCUT2D eigenvalue weighted by Gasteiger charge is -2.39. The third-order valence-corrected chi connectivity index (χ3v) is 11.1. The fraction of sp³-hybridized carbons (Fsp3) is 0.400. The highest BCUT2D eigenvalue weighted by Gasteiger charge is 2.36. The zero-order valence-electron chi connectivity index (χ0n) is 26.7. The van der Waals surface area contributed by atoms with Crippen molar-refractivity contribution in [3.8, 4) is 11.5 Å². The van der Waals surface area contributed by atoms with Crippen molar-refractivity contribution in [3.63, 3.8) is 0 Å². The van der Waals surface area contributed by atoms with Gasteiger partial charge in [0.05, 0.1) is 11.5 Å². The second-order valence-corrected chi connectivity index (χ2v) is 13.9. The number of carbonyl (C=O) groups is 1. The van der Waals surface area contributed by atoms with E-state index in [4.69, 9.17) is 10.5 Å². The average molecular weight is 612 g/mol. The minimum absolute atomic E-state index is 0.0743. The van der Waals surface area contributed by atoms with Crippen molar-refractivity contribution in [2.45, 2.75) is 70.9 Å². The van der Waals surface area contributed by atoms with E-state index in [2.05, 4.69) is 57.3 Å². The second kappa shape index (κ2) is 11.3. The number of hydrogen-bond acceptors (Lipinski definition) is 4. The molecule has 0 saturated heterocycles. The molecule has 5 aliphatic heterocycles. The second-order valence-electron chi connectivity index (χ2n) is 13.9. The molecule has 6 aliphatic rings. The van der Waals surface area contributed by atoms with Crippen LogP contribution in [-0.2, 0) is 43.6 Å². The van der Waals surface area contributed by atoms with Gasteiger partial charge in [-0.05, 0) is 79.3 Å². The van der Waals surface area contributed by atoms with Gasteiger partial charge in [-0.15, -0.1) is 0 Å². The first-order chi connectivity index (χ1) is 22.7. The van der Waals surface area contributed by atoms with Crippen LogP contribution < -0.4 is 35.8 Å². The summed E-state index contributed by atoms with van der Waals surface area (Å²) < 4.78 is 9.81. The number of carbonyl (C=O) groups excluding carboxylic acids is 1. The number of anilines is 1. The monoisotopic (exact) mass is 611 g/mol. The number of aryl methyl sites for hydroxylation is 2. The van der Waals surface area contributed by atoms with Crippen LogP contribution in [0, 0.1) is 5.92 Å². The van der Waals surface area contributed by atoms with Crippen LogP contribution in [0.1, 0.15) is 71.0 Å². The molecule has 9 rings (SSSR count). The lowest BCUT2D eigenvalue weighted by molar-refractivity contribution is -0.123. The van der Waals surface area contributed by atoms with E-state index in [1.54, 1.807) is 0 Å². The molecule has 46 heavy (non-hydrogen) atoms. The van der Waals surface area contributed by atoms with Gasteiger partial charge in [-0.3, -0.25) is 4.79 Å². The number of nitrogens with one attached hydrogen (secondary N) is 1. The maximum absolute atomic E-state index is 13.6. The molecule has 3 aromatic rings. The van der Waals surface area contributed by atoms with E-state index in [1.165, 1.54) is 75.3 Å². The van der Waals surface area contributed by atoms with Gasteiger partial charge in [-0.1, -0.05) is 42.5 Å².